The van der Waals surface area contributed by atoms with Crippen molar-refractivity contribution < 1.29 is 18.7 Å². The van der Waals surface area contributed by atoms with Crippen molar-refractivity contribution >= 4 is 11.6 Å². The number of piperidine rings is 1. The molecule has 0 radical (unpaired) electrons. The highest BCUT2D eigenvalue weighted by Gasteiger charge is 2.24. The summed E-state index contributed by atoms with van der Waals surface area (Å²) in [7, 11) is 1.57. The highest BCUT2D eigenvalue weighted by atomic mass is 19.1. The number of anilines is 1. The number of methoxy groups -OCH3 is 1. The van der Waals surface area contributed by atoms with Crippen LogP contribution in [0.5, 0.6) is 11.5 Å². The zero-order chi connectivity index (χ0) is 18.4. The number of ether oxygens (including phenoxy) is 2. The third-order valence-electron chi connectivity index (χ3n) is 4.39. The largest absolute Gasteiger partial charge is 0.493 e. The van der Waals surface area contributed by atoms with E-state index in [2.05, 4.69) is 5.32 Å². The van der Waals surface area contributed by atoms with Crippen molar-refractivity contribution in [3.8, 4) is 11.5 Å². The molecule has 6 heteroatoms. The molecule has 3 rings (SSSR count). The molecule has 1 N–H and O–H groups in total. The topological polar surface area (TPSA) is 50.8 Å². The van der Waals surface area contributed by atoms with Gasteiger partial charge in [0.25, 0.3) is 5.91 Å². The van der Waals surface area contributed by atoms with E-state index in [0.717, 1.165) is 18.5 Å². The molecule has 2 aromatic carbocycles. The van der Waals surface area contributed by atoms with Gasteiger partial charge in [-0.2, -0.15) is 0 Å². The lowest BCUT2D eigenvalue weighted by molar-refractivity contribution is -0.134. The second-order valence-corrected chi connectivity index (χ2v) is 6.27. The molecule has 0 unspecified atom stereocenters. The summed E-state index contributed by atoms with van der Waals surface area (Å²) in [5.74, 6) is 0.810. The molecular formula is C20H23FN2O3. The van der Waals surface area contributed by atoms with E-state index in [0.29, 0.717) is 24.6 Å². The number of halogens is 1. The predicted octanol–water partition coefficient (Wildman–Crippen LogP) is 3.32. The van der Waals surface area contributed by atoms with E-state index in [1.54, 1.807) is 30.2 Å². The van der Waals surface area contributed by atoms with Crippen LogP contribution in [0.1, 0.15) is 12.8 Å². The summed E-state index contributed by atoms with van der Waals surface area (Å²) < 4.78 is 24.2. The van der Waals surface area contributed by atoms with Gasteiger partial charge in [0.1, 0.15) is 5.82 Å². The summed E-state index contributed by atoms with van der Waals surface area (Å²) in [6.07, 6.45) is 1.83. The molecule has 138 valence electrons. The molecule has 1 fully saturated rings. The van der Waals surface area contributed by atoms with Gasteiger partial charge in [0, 0.05) is 24.8 Å². The van der Waals surface area contributed by atoms with Crippen LogP contribution in [0.15, 0.2) is 48.5 Å². The van der Waals surface area contributed by atoms with Crippen molar-refractivity contribution in [2.75, 3.05) is 32.1 Å². The van der Waals surface area contributed by atoms with E-state index in [-0.39, 0.29) is 24.4 Å². The van der Waals surface area contributed by atoms with E-state index in [1.807, 2.05) is 18.2 Å². The Kier molecular flexibility index (Phi) is 5.94. The highest BCUT2D eigenvalue weighted by molar-refractivity contribution is 5.78. The van der Waals surface area contributed by atoms with Gasteiger partial charge in [0.2, 0.25) is 0 Å². The molecule has 26 heavy (non-hydrogen) atoms. The van der Waals surface area contributed by atoms with Crippen molar-refractivity contribution in [2.24, 2.45) is 0 Å². The highest BCUT2D eigenvalue weighted by Crippen LogP contribution is 2.26. The Hall–Kier alpha value is -2.76. The second kappa shape index (κ2) is 8.56. The zero-order valence-corrected chi connectivity index (χ0v) is 14.8. The first-order valence-electron chi connectivity index (χ1n) is 8.71. The molecule has 0 aliphatic carbocycles. The maximum atomic E-state index is 13.3. The minimum atomic E-state index is -0.274. The number of hydrogen-bond acceptors (Lipinski definition) is 4. The lowest BCUT2D eigenvalue weighted by Crippen LogP contribution is -2.46. The molecule has 0 saturated carbocycles. The Balaban J connectivity index is 1.54. The number of carbonyl (C=O) groups is 1. The summed E-state index contributed by atoms with van der Waals surface area (Å²) in [4.78, 5) is 14.3. The third kappa shape index (κ3) is 4.65. The van der Waals surface area contributed by atoms with E-state index in [1.165, 1.54) is 12.1 Å². The zero-order valence-electron chi connectivity index (χ0n) is 14.8. The first kappa shape index (κ1) is 18.0. The monoisotopic (exact) mass is 358 g/mol. The number of para-hydroxylation sites is 2. The van der Waals surface area contributed by atoms with Gasteiger partial charge in [0.05, 0.1) is 7.11 Å². The van der Waals surface area contributed by atoms with Gasteiger partial charge in [-0.05, 0) is 43.2 Å². The van der Waals surface area contributed by atoms with Crippen LogP contribution in [0.25, 0.3) is 0 Å². The number of likely N-dealkylation sites (tertiary alicyclic amines) is 1. The normalized spacial score (nSPS) is 16.8. The summed E-state index contributed by atoms with van der Waals surface area (Å²) in [5, 5.41) is 3.30. The number of nitrogens with one attached hydrogen (secondary N) is 1. The second-order valence-electron chi connectivity index (χ2n) is 6.27. The third-order valence-corrected chi connectivity index (χ3v) is 4.39. The Morgan fingerprint density at radius 3 is 2.81 bits per heavy atom. The Morgan fingerprint density at radius 2 is 2.04 bits per heavy atom. The van der Waals surface area contributed by atoms with Crippen LogP contribution in [0.3, 0.4) is 0 Å². The van der Waals surface area contributed by atoms with E-state index in [9.17, 15) is 9.18 Å². The molecular weight excluding hydrogens is 335 g/mol. The van der Waals surface area contributed by atoms with Crippen LogP contribution in [-0.2, 0) is 4.79 Å². The lowest BCUT2D eigenvalue weighted by atomic mass is 10.1. The molecule has 2 aromatic rings. The number of amides is 1. The standard InChI is InChI=1S/C20H23FN2O3/c1-25-18-9-2-3-10-19(18)26-14-20(24)23-11-5-8-17(13-23)22-16-7-4-6-15(21)12-16/h2-4,6-7,9-10,12,17,22H,5,8,11,13-14H2,1H3/t17-/m0/s1. The van der Waals surface area contributed by atoms with E-state index < -0.39 is 0 Å². The van der Waals surface area contributed by atoms with Crippen molar-refractivity contribution in [1.82, 2.24) is 4.90 Å². The number of benzene rings is 2. The summed E-state index contributed by atoms with van der Waals surface area (Å²) in [5.41, 5.74) is 0.731. The average Bonchev–Trinajstić information content (AvgIpc) is 2.66. The predicted molar refractivity (Wildman–Crippen MR) is 98.1 cm³/mol. The Morgan fingerprint density at radius 1 is 1.23 bits per heavy atom. The van der Waals surface area contributed by atoms with E-state index >= 15 is 0 Å². The molecule has 1 aliphatic rings. The minimum absolute atomic E-state index is 0.0347. The number of hydrogen-bond donors (Lipinski definition) is 1. The van der Waals surface area contributed by atoms with Crippen LogP contribution >= 0.6 is 0 Å². The van der Waals surface area contributed by atoms with E-state index in [4.69, 9.17) is 9.47 Å². The van der Waals surface area contributed by atoms with Gasteiger partial charge in [-0.15, -0.1) is 0 Å². The van der Waals surface area contributed by atoms with Crippen LogP contribution in [-0.4, -0.2) is 43.7 Å². The van der Waals surface area contributed by atoms with Crippen molar-refractivity contribution in [2.45, 2.75) is 18.9 Å². The van der Waals surface area contributed by atoms with Gasteiger partial charge < -0.3 is 19.7 Å². The maximum Gasteiger partial charge on any atom is 0.260 e. The fraction of sp³-hybridized carbons (Fsp3) is 0.350. The summed E-state index contributed by atoms with van der Waals surface area (Å²) in [6.45, 7) is 1.24. The smallest absolute Gasteiger partial charge is 0.260 e. The minimum Gasteiger partial charge on any atom is -0.493 e. The van der Waals surface area contributed by atoms with Crippen LogP contribution < -0.4 is 14.8 Å². The van der Waals surface area contributed by atoms with Crippen molar-refractivity contribution in [3.05, 3.63) is 54.3 Å². The van der Waals surface area contributed by atoms with Gasteiger partial charge in [0.15, 0.2) is 18.1 Å². The van der Waals surface area contributed by atoms with Gasteiger partial charge in [-0.25, -0.2) is 4.39 Å². The number of rotatable bonds is 6. The quantitative estimate of drug-likeness (QED) is 0.861. The SMILES string of the molecule is COc1ccccc1OCC(=O)N1CCC[C@H](Nc2cccc(F)c2)C1. The molecule has 1 aliphatic heterocycles. The van der Waals surface area contributed by atoms with Crippen LogP contribution in [0, 0.1) is 5.82 Å². The number of nitrogens with zero attached hydrogens (tertiary/aromatic N) is 1. The molecule has 0 bridgehead atoms. The van der Waals surface area contributed by atoms with Gasteiger partial charge >= 0.3 is 0 Å². The molecule has 0 spiro atoms. The Bertz CT molecular complexity index is 753. The molecule has 1 atom stereocenters. The van der Waals surface area contributed by atoms with Gasteiger partial charge in [-0.1, -0.05) is 18.2 Å². The first-order valence-corrected chi connectivity index (χ1v) is 8.71. The lowest BCUT2D eigenvalue weighted by Gasteiger charge is -2.33. The summed E-state index contributed by atoms with van der Waals surface area (Å²) >= 11 is 0. The maximum absolute atomic E-state index is 13.3. The van der Waals surface area contributed by atoms with Gasteiger partial charge in [-0.3, -0.25) is 4.79 Å². The fourth-order valence-corrected chi connectivity index (χ4v) is 3.10. The first-order chi connectivity index (χ1) is 12.7. The summed E-state index contributed by atoms with van der Waals surface area (Å²) in [6, 6.07) is 13.7. The van der Waals surface area contributed by atoms with Crippen molar-refractivity contribution in [1.29, 1.82) is 0 Å². The fourth-order valence-electron chi connectivity index (χ4n) is 3.10. The molecule has 0 aromatic heterocycles. The number of carbonyl (C=O) groups excluding carboxylic acids is 1. The Labute approximate surface area is 152 Å². The van der Waals surface area contributed by atoms with Crippen LogP contribution in [0.4, 0.5) is 10.1 Å². The average molecular weight is 358 g/mol. The molecule has 5 nitrogen and oxygen atoms in total. The van der Waals surface area contributed by atoms with Crippen LogP contribution in [0.2, 0.25) is 0 Å². The van der Waals surface area contributed by atoms with Crippen molar-refractivity contribution in [3.63, 3.8) is 0 Å². The molecule has 1 heterocycles. The molecule has 1 amide bonds. The molecule has 1 saturated heterocycles.